The van der Waals surface area contributed by atoms with Crippen molar-refractivity contribution in [2.24, 2.45) is 0 Å². The normalized spacial score (nSPS) is 16.6. The first-order chi connectivity index (χ1) is 9.79. The Morgan fingerprint density at radius 2 is 2.10 bits per heavy atom. The van der Waals surface area contributed by atoms with E-state index in [1.807, 2.05) is 4.90 Å². The zero-order valence-corrected chi connectivity index (χ0v) is 12.7. The summed E-state index contributed by atoms with van der Waals surface area (Å²) < 4.78 is 10.2. The highest BCUT2D eigenvalue weighted by atomic mass is 32.1. The SMILES string of the molecule is COCCOCC(=O)N1CCN(Cc2ccsc2)CC1. The highest BCUT2D eigenvalue weighted by molar-refractivity contribution is 7.07. The molecule has 0 saturated carbocycles. The molecule has 5 nitrogen and oxygen atoms in total. The molecular formula is C14H22N2O3S. The summed E-state index contributed by atoms with van der Waals surface area (Å²) in [7, 11) is 1.62. The lowest BCUT2D eigenvalue weighted by atomic mass is 10.2. The zero-order chi connectivity index (χ0) is 14.2. The number of rotatable bonds is 7. The van der Waals surface area contributed by atoms with Crippen LogP contribution in [0.15, 0.2) is 16.8 Å². The average Bonchev–Trinajstić information content (AvgIpc) is 2.97. The first-order valence-electron chi connectivity index (χ1n) is 6.87. The minimum atomic E-state index is 0.0799. The second kappa shape index (κ2) is 8.36. The van der Waals surface area contributed by atoms with Crippen molar-refractivity contribution in [3.63, 3.8) is 0 Å². The fourth-order valence-electron chi connectivity index (χ4n) is 2.19. The van der Waals surface area contributed by atoms with Crippen LogP contribution in [0, 0.1) is 0 Å². The molecule has 0 unspecified atom stereocenters. The van der Waals surface area contributed by atoms with Crippen molar-refractivity contribution in [2.75, 3.05) is 53.1 Å². The molecule has 2 heterocycles. The molecule has 0 aromatic carbocycles. The lowest BCUT2D eigenvalue weighted by Crippen LogP contribution is -2.49. The number of nitrogens with zero attached hydrogens (tertiary/aromatic N) is 2. The maximum Gasteiger partial charge on any atom is 0.248 e. The van der Waals surface area contributed by atoms with Gasteiger partial charge < -0.3 is 14.4 Å². The van der Waals surface area contributed by atoms with Gasteiger partial charge in [0.1, 0.15) is 6.61 Å². The van der Waals surface area contributed by atoms with Gasteiger partial charge in [-0.2, -0.15) is 11.3 Å². The van der Waals surface area contributed by atoms with Gasteiger partial charge in [-0.15, -0.1) is 0 Å². The van der Waals surface area contributed by atoms with E-state index in [0.29, 0.717) is 13.2 Å². The van der Waals surface area contributed by atoms with Crippen molar-refractivity contribution in [3.05, 3.63) is 22.4 Å². The molecule has 0 radical (unpaired) electrons. The third kappa shape index (κ3) is 4.86. The highest BCUT2D eigenvalue weighted by Gasteiger charge is 2.20. The Morgan fingerprint density at radius 3 is 2.75 bits per heavy atom. The zero-order valence-electron chi connectivity index (χ0n) is 11.9. The molecule has 6 heteroatoms. The number of thiophene rings is 1. The Hall–Kier alpha value is -0.950. The molecule has 1 saturated heterocycles. The smallest absolute Gasteiger partial charge is 0.248 e. The average molecular weight is 298 g/mol. The van der Waals surface area contributed by atoms with Crippen molar-refractivity contribution < 1.29 is 14.3 Å². The maximum atomic E-state index is 11.9. The van der Waals surface area contributed by atoms with Crippen LogP contribution in [0.1, 0.15) is 5.56 Å². The van der Waals surface area contributed by atoms with Gasteiger partial charge in [0, 0.05) is 39.8 Å². The maximum absolute atomic E-state index is 11.9. The predicted molar refractivity (Wildman–Crippen MR) is 78.9 cm³/mol. The molecule has 0 atom stereocenters. The summed E-state index contributed by atoms with van der Waals surface area (Å²) in [5.41, 5.74) is 1.36. The number of ether oxygens (including phenoxy) is 2. The van der Waals surface area contributed by atoms with Crippen molar-refractivity contribution in [2.45, 2.75) is 6.54 Å². The predicted octanol–water partition coefficient (Wildman–Crippen LogP) is 1.06. The van der Waals surface area contributed by atoms with Crippen molar-refractivity contribution in [3.8, 4) is 0 Å². The minimum Gasteiger partial charge on any atom is -0.382 e. The number of piperazine rings is 1. The van der Waals surface area contributed by atoms with Gasteiger partial charge in [-0.1, -0.05) is 0 Å². The molecule has 0 aliphatic carbocycles. The van der Waals surface area contributed by atoms with E-state index in [9.17, 15) is 4.79 Å². The molecule has 1 amide bonds. The number of amides is 1. The summed E-state index contributed by atoms with van der Waals surface area (Å²) >= 11 is 1.73. The number of hydrogen-bond acceptors (Lipinski definition) is 5. The molecule has 1 aliphatic rings. The monoisotopic (exact) mass is 298 g/mol. The summed E-state index contributed by atoms with van der Waals surface area (Å²) in [6.45, 7) is 5.58. The first kappa shape index (κ1) is 15.4. The molecule has 0 N–H and O–H groups in total. The summed E-state index contributed by atoms with van der Waals surface area (Å²) in [5.74, 6) is 0.0799. The van der Waals surface area contributed by atoms with E-state index < -0.39 is 0 Å². The van der Waals surface area contributed by atoms with Gasteiger partial charge in [0.25, 0.3) is 0 Å². The topological polar surface area (TPSA) is 42.0 Å². The van der Waals surface area contributed by atoms with Crippen LogP contribution < -0.4 is 0 Å². The van der Waals surface area contributed by atoms with E-state index in [0.717, 1.165) is 32.7 Å². The van der Waals surface area contributed by atoms with Crippen molar-refractivity contribution >= 4 is 17.2 Å². The van der Waals surface area contributed by atoms with Gasteiger partial charge >= 0.3 is 0 Å². The van der Waals surface area contributed by atoms with Crippen LogP contribution in [0.2, 0.25) is 0 Å². The van der Waals surface area contributed by atoms with Gasteiger partial charge in [0.2, 0.25) is 5.91 Å². The molecule has 2 rings (SSSR count). The van der Waals surface area contributed by atoms with Crippen LogP contribution in [-0.2, 0) is 20.8 Å². The molecule has 1 aromatic heterocycles. The number of carbonyl (C=O) groups is 1. The van der Waals surface area contributed by atoms with E-state index in [-0.39, 0.29) is 12.5 Å². The molecule has 112 valence electrons. The number of methoxy groups -OCH3 is 1. The third-order valence-electron chi connectivity index (χ3n) is 3.37. The van der Waals surface area contributed by atoms with E-state index in [2.05, 4.69) is 21.7 Å². The summed E-state index contributed by atoms with van der Waals surface area (Å²) in [4.78, 5) is 16.2. The Bertz CT molecular complexity index is 389. The first-order valence-corrected chi connectivity index (χ1v) is 7.82. The number of hydrogen-bond donors (Lipinski definition) is 0. The van der Waals surface area contributed by atoms with E-state index >= 15 is 0 Å². The second-order valence-electron chi connectivity index (χ2n) is 4.83. The Morgan fingerprint density at radius 1 is 1.30 bits per heavy atom. The number of carbonyl (C=O) groups excluding carboxylic acids is 1. The van der Waals surface area contributed by atoms with Crippen LogP contribution in [0.4, 0.5) is 0 Å². The van der Waals surface area contributed by atoms with Crippen LogP contribution in [0.5, 0.6) is 0 Å². The largest absolute Gasteiger partial charge is 0.382 e. The second-order valence-corrected chi connectivity index (χ2v) is 5.61. The molecule has 0 spiro atoms. The quantitative estimate of drug-likeness (QED) is 0.706. The standard InChI is InChI=1S/C14H22N2O3S/c1-18-7-8-19-11-14(17)16-5-3-15(4-6-16)10-13-2-9-20-12-13/h2,9,12H,3-8,10-11H2,1H3. The van der Waals surface area contributed by atoms with Gasteiger partial charge in [-0.3, -0.25) is 9.69 Å². The molecule has 1 aromatic rings. The molecule has 1 fully saturated rings. The van der Waals surface area contributed by atoms with Crippen molar-refractivity contribution in [1.29, 1.82) is 0 Å². The summed E-state index contributed by atoms with van der Waals surface area (Å²) in [6, 6.07) is 2.16. The minimum absolute atomic E-state index is 0.0799. The molecular weight excluding hydrogens is 276 g/mol. The van der Waals surface area contributed by atoms with Crippen molar-refractivity contribution in [1.82, 2.24) is 9.80 Å². The summed E-state index contributed by atoms with van der Waals surface area (Å²) in [5, 5.41) is 4.29. The van der Waals surface area contributed by atoms with E-state index in [1.54, 1.807) is 18.4 Å². The van der Waals surface area contributed by atoms with Crippen LogP contribution in [0.3, 0.4) is 0 Å². The lowest BCUT2D eigenvalue weighted by molar-refractivity contribution is -0.138. The van der Waals surface area contributed by atoms with Crippen LogP contribution in [0.25, 0.3) is 0 Å². The Kier molecular flexibility index (Phi) is 6.46. The third-order valence-corrected chi connectivity index (χ3v) is 4.10. The van der Waals surface area contributed by atoms with Crippen LogP contribution in [-0.4, -0.2) is 68.8 Å². The molecule has 1 aliphatic heterocycles. The lowest BCUT2D eigenvalue weighted by Gasteiger charge is -2.34. The van der Waals surface area contributed by atoms with Gasteiger partial charge in [0.15, 0.2) is 0 Å². The fraction of sp³-hybridized carbons (Fsp3) is 0.643. The van der Waals surface area contributed by atoms with Crippen LogP contribution >= 0.6 is 11.3 Å². The molecule has 20 heavy (non-hydrogen) atoms. The van der Waals surface area contributed by atoms with Gasteiger partial charge in [-0.05, 0) is 22.4 Å². The molecule has 0 bridgehead atoms. The van der Waals surface area contributed by atoms with E-state index in [4.69, 9.17) is 9.47 Å². The highest BCUT2D eigenvalue weighted by Crippen LogP contribution is 2.11. The Balaban J connectivity index is 1.64. The Labute approximate surface area is 124 Å². The van der Waals surface area contributed by atoms with E-state index in [1.165, 1.54) is 5.56 Å². The summed E-state index contributed by atoms with van der Waals surface area (Å²) in [6.07, 6.45) is 0. The fourth-order valence-corrected chi connectivity index (χ4v) is 2.85. The van der Waals surface area contributed by atoms with Gasteiger partial charge in [0.05, 0.1) is 13.2 Å². The van der Waals surface area contributed by atoms with Gasteiger partial charge in [-0.25, -0.2) is 0 Å².